The predicted molar refractivity (Wildman–Crippen MR) is 58.7 cm³/mol. The van der Waals surface area contributed by atoms with E-state index in [4.69, 9.17) is 10.2 Å². The topological polar surface area (TPSA) is 104 Å². The lowest BCUT2D eigenvalue weighted by molar-refractivity contribution is -0.131. The highest BCUT2D eigenvalue weighted by atomic mass is 32.1. The summed E-state index contributed by atoms with van der Waals surface area (Å²) in [5.41, 5.74) is 0.449. The largest absolute Gasteiger partial charge is 0.478 e. The first-order valence-electron chi connectivity index (χ1n) is 4.88. The molecule has 1 aliphatic heterocycles. The van der Waals surface area contributed by atoms with Gasteiger partial charge in [0.2, 0.25) is 0 Å². The average molecular weight is 255 g/mol. The van der Waals surface area contributed by atoms with Crippen LogP contribution in [0.4, 0.5) is 0 Å². The molecule has 0 atom stereocenters. The smallest absolute Gasteiger partial charge is 0.378 e. The summed E-state index contributed by atoms with van der Waals surface area (Å²) in [5.74, 6) is -4.02. The van der Waals surface area contributed by atoms with Crippen LogP contribution in [0.2, 0.25) is 0 Å². The number of hydrogen-bond acceptors (Lipinski definition) is 5. The summed E-state index contributed by atoms with van der Waals surface area (Å²) in [5, 5.41) is 20.8. The van der Waals surface area contributed by atoms with Crippen LogP contribution in [0.1, 0.15) is 30.5 Å². The van der Waals surface area contributed by atoms with Gasteiger partial charge in [0, 0.05) is 11.4 Å². The average Bonchev–Trinajstić information content (AvgIpc) is 2.66. The maximum Gasteiger partial charge on any atom is 0.378 e. The third-order valence-electron chi connectivity index (χ3n) is 2.54. The number of thiophene rings is 1. The molecule has 0 radical (unpaired) electrons. The van der Waals surface area contributed by atoms with E-state index in [9.17, 15) is 14.4 Å². The van der Waals surface area contributed by atoms with Crippen LogP contribution < -0.4 is 5.32 Å². The summed E-state index contributed by atoms with van der Waals surface area (Å²) in [4.78, 5) is 33.7. The molecule has 0 saturated heterocycles. The molecular formula is C10H9NO5S. The van der Waals surface area contributed by atoms with Crippen molar-refractivity contribution in [2.45, 2.75) is 13.0 Å². The van der Waals surface area contributed by atoms with Gasteiger partial charge >= 0.3 is 11.9 Å². The molecule has 6 nitrogen and oxygen atoms in total. The molecule has 0 bridgehead atoms. The normalized spacial score (nSPS) is 14.1. The summed E-state index contributed by atoms with van der Waals surface area (Å²) in [6.07, 6.45) is 0.500. The van der Waals surface area contributed by atoms with Crippen LogP contribution in [0.3, 0.4) is 0 Å². The molecular weight excluding hydrogens is 246 g/mol. The minimum absolute atomic E-state index is 0.140. The monoisotopic (exact) mass is 255 g/mol. The van der Waals surface area contributed by atoms with Crippen LogP contribution >= 0.6 is 11.3 Å². The lowest BCUT2D eigenvalue weighted by Crippen LogP contribution is -2.23. The van der Waals surface area contributed by atoms with E-state index in [0.29, 0.717) is 25.1 Å². The van der Waals surface area contributed by atoms with Crippen molar-refractivity contribution in [2.75, 3.05) is 6.54 Å². The molecule has 0 aromatic carbocycles. The zero-order valence-electron chi connectivity index (χ0n) is 8.65. The van der Waals surface area contributed by atoms with Crippen molar-refractivity contribution in [1.82, 2.24) is 5.32 Å². The Morgan fingerprint density at radius 1 is 1.24 bits per heavy atom. The molecule has 17 heavy (non-hydrogen) atoms. The molecule has 0 saturated carbocycles. The number of ketones is 1. The van der Waals surface area contributed by atoms with Crippen molar-refractivity contribution in [1.29, 1.82) is 0 Å². The van der Waals surface area contributed by atoms with Crippen LogP contribution in [0.15, 0.2) is 0 Å². The van der Waals surface area contributed by atoms with Crippen molar-refractivity contribution >= 4 is 29.1 Å². The fraction of sp³-hybridized carbons (Fsp3) is 0.300. The molecule has 2 heterocycles. The van der Waals surface area contributed by atoms with E-state index < -0.39 is 17.7 Å². The minimum Gasteiger partial charge on any atom is -0.478 e. The first-order chi connectivity index (χ1) is 8.02. The number of hydrogen-bond donors (Lipinski definition) is 3. The molecule has 3 N–H and O–H groups in total. The van der Waals surface area contributed by atoms with Crippen LogP contribution in [0.25, 0.3) is 0 Å². The van der Waals surface area contributed by atoms with Crippen molar-refractivity contribution in [2.24, 2.45) is 0 Å². The van der Waals surface area contributed by atoms with Gasteiger partial charge in [0.05, 0.1) is 10.4 Å². The Bertz CT molecular complexity index is 519. The summed E-state index contributed by atoms with van der Waals surface area (Å²) in [7, 11) is 0. The van der Waals surface area contributed by atoms with E-state index in [1.807, 2.05) is 0 Å². The third-order valence-corrected chi connectivity index (χ3v) is 3.77. The Morgan fingerprint density at radius 3 is 2.53 bits per heavy atom. The van der Waals surface area contributed by atoms with Crippen LogP contribution in [-0.2, 0) is 17.8 Å². The second kappa shape index (κ2) is 4.27. The van der Waals surface area contributed by atoms with Gasteiger partial charge in [-0.3, -0.25) is 4.79 Å². The van der Waals surface area contributed by atoms with Gasteiger partial charge in [0.1, 0.15) is 0 Å². The SMILES string of the molecule is O=C(O)C(=O)c1sc2c(c1C(=O)O)CCNC2. The van der Waals surface area contributed by atoms with E-state index in [1.165, 1.54) is 0 Å². The number of carboxylic acid groups (broad SMARTS) is 2. The fourth-order valence-corrected chi connectivity index (χ4v) is 3.06. The number of aliphatic carboxylic acids is 1. The fourth-order valence-electron chi connectivity index (χ4n) is 1.82. The Hall–Kier alpha value is -1.73. The van der Waals surface area contributed by atoms with Crippen LogP contribution in [0, 0.1) is 0 Å². The third kappa shape index (κ3) is 1.94. The molecule has 7 heteroatoms. The molecule has 0 spiro atoms. The van der Waals surface area contributed by atoms with Crippen molar-refractivity contribution in [3.05, 3.63) is 20.9 Å². The highest BCUT2D eigenvalue weighted by Gasteiger charge is 2.30. The molecule has 1 aromatic heterocycles. The Labute approximate surface area is 99.9 Å². The van der Waals surface area contributed by atoms with Gasteiger partial charge in [-0.05, 0) is 18.5 Å². The number of carbonyl (C=O) groups is 3. The molecule has 90 valence electrons. The molecule has 0 fully saturated rings. The number of carbonyl (C=O) groups excluding carboxylic acids is 1. The lowest BCUT2D eigenvalue weighted by Gasteiger charge is -2.12. The van der Waals surface area contributed by atoms with Crippen molar-refractivity contribution in [3.63, 3.8) is 0 Å². The number of aromatic carboxylic acids is 1. The van der Waals surface area contributed by atoms with Crippen LogP contribution in [0.5, 0.6) is 0 Å². The molecule has 2 rings (SSSR count). The highest BCUT2D eigenvalue weighted by Crippen LogP contribution is 2.31. The zero-order valence-corrected chi connectivity index (χ0v) is 9.47. The van der Waals surface area contributed by atoms with Crippen LogP contribution in [-0.4, -0.2) is 34.5 Å². The first kappa shape index (κ1) is 11.7. The Balaban J connectivity index is 2.59. The quantitative estimate of drug-likeness (QED) is 0.532. The first-order valence-corrected chi connectivity index (χ1v) is 5.70. The summed E-state index contributed by atoms with van der Waals surface area (Å²) >= 11 is 0.953. The summed E-state index contributed by atoms with van der Waals surface area (Å²) < 4.78 is 0. The summed E-state index contributed by atoms with van der Waals surface area (Å²) in [6.45, 7) is 1.11. The van der Waals surface area contributed by atoms with E-state index >= 15 is 0 Å². The number of fused-ring (bicyclic) bond motifs is 1. The van der Waals surface area contributed by atoms with Crippen molar-refractivity contribution in [3.8, 4) is 0 Å². The van der Waals surface area contributed by atoms with Gasteiger partial charge in [-0.15, -0.1) is 11.3 Å². The van der Waals surface area contributed by atoms with Gasteiger partial charge in [0.15, 0.2) is 0 Å². The maximum absolute atomic E-state index is 11.4. The second-order valence-electron chi connectivity index (χ2n) is 3.57. The van der Waals surface area contributed by atoms with Gasteiger partial charge in [-0.25, -0.2) is 9.59 Å². The molecule has 0 unspecified atom stereocenters. The highest BCUT2D eigenvalue weighted by molar-refractivity contribution is 7.15. The Morgan fingerprint density at radius 2 is 1.94 bits per heavy atom. The number of carboxylic acids is 2. The molecule has 0 aliphatic carbocycles. The molecule has 1 aromatic rings. The zero-order chi connectivity index (χ0) is 12.6. The standard InChI is InChI=1S/C10H9NO5S/c12-7(10(15)16)8-6(9(13)14)4-1-2-11-3-5(4)17-8/h11H,1-3H2,(H,13,14)(H,15,16). The van der Waals surface area contributed by atoms with E-state index in [0.717, 1.165) is 16.2 Å². The van der Waals surface area contributed by atoms with E-state index in [1.54, 1.807) is 0 Å². The van der Waals surface area contributed by atoms with Gasteiger partial charge in [0.25, 0.3) is 5.78 Å². The lowest BCUT2D eigenvalue weighted by atomic mass is 10.0. The minimum atomic E-state index is -1.63. The molecule has 1 aliphatic rings. The number of nitrogens with one attached hydrogen (secondary N) is 1. The van der Waals surface area contributed by atoms with E-state index in [2.05, 4.69) is 5.32 Å². The van der Waals surface area contributed by atoms with Crippen molar-refractivity contribution < 1.29 is 24.6 Å². The number of Topliss-reactive ketones (excluding diaryl/α,β-unsaturated/α-hetero) is 1. The predicted octanol–water partition coefficient (Wildman–Crippen LogP) is 0.359. The van der Waals surface area contributed by atoms with Gasteiger partial charge in [-0.2, -0.15) is 0 Å². The second-order valence-corrected chi connectivity index (χ2v) is 4.68. The van der Waals surface area contributed by atoms with Gasteiger partial charge in [-0.1, -0.05) is 0 Å². The van der Waals surface area contributed by atoms with E-state index in [-0.39, 0.29) is 10.4 Å². The maximum atomic E-state index is 11.4. The summed E-state index contributed by atoms with van der Waals surface area (Å²) in [6, 6.07) is 0. The van der Waals surface area contributed by atoms with Gasteiger partial charge < -0.3 is 15.5 Å². The Kier molecular flexibility index (Phi) is 2.95. The molecule has 0 amide bonds. The number of rotatable bonds is 3.